The number of hydrogen-bond acceptors (Lipinski definition) is 4. The van der Waals surface area contributed by atoms with Crippen molar-refractivity contribution in [2.75, 3.05) is 47.0 Å². The lowest BCUT2D eigenvalue weighted by molar-refractivity contribution is -0.128. The molecule has 7 heteroatoms. The van der Waals surface area contributed by atoms with Gasteiger partial charge < -0.3 is 19.3 Å². The number of carbonyl (C=O) groups is 2. The van der Waals surface area contributed by atoms with Crippen molar-refractivity contribution in [3.8, 4) is 5.75 Å². The minimum atomic E-state index is -0.0644. The molecule has 0 atom stereocenters. The molecule has 0 N–H and O–H groups in total. The molecule has 0 unspecified atom stereocenters. The Morgan fingerprint density at radius 2 is 2.00 bits per heavy atom. The van der Waals surface area contributed by atoms with Gasteiger partial charge in [0.1, 0.15) is 5.75 Å². The van der Waals surface area contributed by atoms with Gasteiger partial charge in [0.15, 0.2) is 0 Å². The van der Waals surface area contributed by atoms with Crippen molar-refractivity contribution in [2.24, 2.45) is 5.41 Å². The van der Waals surface area contributed by atoms with Gasteiger partial charge in [-0.05, 0) is 37.5 Å². The molecule has 1 spiro atoms. The second-order valence-electron chi connectivity index (χ2n) is 7.48. The first-order valence-electron chi connectivity index (χ1n) is 9.37. The predicted molar refractivity (Wildman–Crippen MR) is 103 cm³/mol. The van der Waals surface area contributed by atoms with Crippen LogP contribution in [0.15, 0.2) is 18.2 Å². The first-order valence-corrected chi connectivity index (χ1v) is 9.75. The van der Waals surface area contributed by atoms with Crippen molar-refractivity contribution < 1.29 is 19.1 Å². The first kappa shape index (κ1) is 20.0. The maximum atomic E-state index is 12.9. The second-order valence-corrected chi connectivity index (χ2v) is 7.91. The smallest absolute Gasteiger partial charge is 0.257 e. The van der Waals surface area contributed by atoms with Gasteiger partial charge >= 0.3 is 0 Å². The molecule has 3 rings (SSSR count). The Kier molecular flexibility index (Phi) is 6.27. The Hall–Kier alpha value is -1.79. The number of rotatable bonds is 6. The van der Waals surface area contributed by atoms with E-state index in [0.717, 1.165) is 32.4 Å². The Morgan fingerprint density at radius 1 is 1.26 bits per heavy atom. The summed E-state index contributed by atoms with van der Waals surface area (Å²) in [7, 11) is 3.22. The predicted octanol–water partition coefficient (Wildman–Crippen LogP) is 2.84. The molecule has 0 bridgehead atoms. The summed E-state index contributed by atoms with van der Waals surface area (Å²) in [6, 6.07) is 5.09. The van der Waals surface area contributed by atoms with Crippen LogP contribution in [-0.4, -0.2) is 68.6 Å². The number of ether oxygens (including phenoxy) is 2. The largest absolute Gasteiger partial charge is 0.496 e. The molecule has 0 aromatic heterocycles. The van der Waals surface area contributed by atoms with Crippen molar-refractivity contribution in [3.05, 3.63) is 28.8 Å². The van der Waals surface area contributed by atoms with Crippen LogP contribution >= 0.6 is 11.6 Å². The maximum Gasteiger partial charge on any atom is 0.257 e. The van der Waals surface area contributed by atoms with Crippen molar-refractivity contribution in [2.45, 2.75) is 25.7 Å². The first-order chi connectivity index (χ1) is 13.0. The summed E-state index contributed by atoms with van der Waals surface area (Å²) in [6.45, 7) is 3.50. The van der Waals surface area contributed by atoms with Crippen molar-refractivity contribution in [1.82, 2.24) is 9.80 Å². The molecule has 6 nitrogen and oxygen atoms in total. The van der Waals surface area contributed by atoms with Crippen molar-refractivity contribution >= 4 is 23.4 Å². The highest BCUT2D eigenvalue weighted by Gasteiger charge is 2.45. The van der Waals surface area contributed by atoms with Crippen LogP contribution in [0.3, 0.4) is 0 Å². The minimum absolute atomic E-state index is 0.000641. The molecular weight excluding hydrogens is 368 g/mol. The quantitative estimate of drug-likeness (QED) is 0.696. The van der Waals surface area contributed by atoms with Gasteiger partial charge in [-0.1, -0.05) is 11.6 Å². The molecule has 0 aliphatic carbocycles. The van der Waals surface area contributed by atoms with Crippen LogP contribution < -0.4 is 4.74 Å². The van der Waals surface area contributed by atoms with E-state index in [1.165, 1.54) is 0 Å². The number of methoxy groups -OCH3 is 2. The number of halogens is 1. The molecule has 2 aliphatic rings. The van der Waals surface area contributed by atoms with E-state index in [1.807, 2.05) is 9.80 Å². The fourth-order valence-corrected chi connectivity index (χ4v) is 4.29. The molecule has 148 valence electrons. The zero-order valence-electron chi connectivity index (χ0n) is 16.0. The van der Waals surface area contributed by atoms with E-state index in [0.29, 0.717) is 42.5 Å². The summed E-state index contributed by atoms with van der Waals surface area (Å²) < 4.78 is 10.4. The molecule has 2 saturated heterocycles. The lowest BCUT2D eigenvalue weighted by Crippen LogP contribution is -2.44. The van der Waals surface area contributed by atoms with Gasteiger partial charge in [0, 0.05) is 56.8 Å². The molecule has 2 heterocycles. The Bertz CT molecular complexity index is 701. The summed E-state index contributed by atoms with van der Waals surface area (Å²) in [4.78, 5) is 29.1. The molecule has 1 aromatic rings. The standard InChI is InChI=1S/C20H27ClN2O4/c1-26-11-3-8-23-14-20(13-18(23)24)6-9-22(10-7-20)19(25)16-12-15(21)4-5-17(16)27-2/h4-5,12H,3,6-11,13-14H2,1-2H3. The van der Waals surface area contributed by atoms with Gasteiger partial charge in [0.2, 0.25) is 5.91 Å². The highest BCUT2D eigenvalue weighted by Crippen LogP contribution is 2.41. The summed E-state index contributed by atoms with van der Waals surface area (Å²) >= 11 is 6.06. The second kappa shape index (κ2) is 8.48. The number of hydrogen-bond donors (Lipinski definition) is 0. The van der Waals surface area contributed by atoms with Gasteiger partial charge in [-0.3, -0.25) is 9.59 Å². The number of amides is 2. The molecule has 2 amide bonds. The molecule has 2 fully saturated rings. The monoisotopic (exact) mass is 394 g/mol. The van der Waals surface area contributed by atoms with Crippen LogP contribution in [-0.2, 0) is 9.53 Å². The summed E-state index contributed by atoms with van der Waals surface area (Å²) in [5, 5.41) is 0.515. The van der Waals surface area contributed by atoms with E-state index in [4.69, 9.17) is 21.1 Å². The van der Waals surface area contributed by atoms with Gasteiger partial charge in [0.05, 0.1) is 12.7 Å². The Balaban J connectivity index is 1.61. The van der Waals surface area contributed by atoms with E-state index in [-0.39, 0.29) is 17.2 Å². The van der Waals surface area contributed by atoms with Gasteiger partial charge in [-0.15, -0.1) is 0 Å². The van der Waals surface area contributed by atoms with Gasteiger partial charge in [-0.2, -0.15) is 0 Å². The minimum Gasteiger partial charge on any atom is -0.496 e. The third kappa shape index (κ3) is 4.38. The lowest BCUT2D eigenvalue weighted by atomic mass is 9.77. The topological polar surface area (TPSA) is 59.1 Å². The Morgan fingerprint density at radius 3 is 2.67 bits per heavy atom. The highest BCUT2D eigenvalue weighted by molar-refractivity contribution is 6.31. The zero-order chi connectivity index (χ0) is 19.4. The fourth-order valence-electron chi connectivity index (χ4n) is 4.12. The van der Waals surface area contributed by atoms with Crippen LogP contribution in [0.5, 0.6) is 5.75 Å². The molecule has 27 heavy (non-hydrogen) atoms. The number of likely N-dealkylation sites (tertiary alicyclic amines) is 2. The summed E-state index contributed by atoms with van der Waals surface area (Å²) in [6.07, 6.45) is 3.13. The van der Waals surface area contributed by atoms with Crippen LogP contribution in [0.1, 0.15) is 36.0 Å². The molecular formula is C20H27ClN2O4. The van der Waals surface area contributed by atoms with Crippen LogP contribution in [0.2, 0.25) is 5.02 Å². The number of piperidine rings is 1. The number of nitrogens with zero attached hydrogens (tertiary/aromatic N) is 2. The van der Waals surface area contributed by atoms with Gasteiger partial charge in [0.25, 0.3) is 5.91 Å². The normalized spacial score (nSPS) is 19.0. The molecule has 2 aliphatic heterocycles. The molecule has 0 radical (unpaired) electrons. The lowest BCUT2D eigenvalue weighted by Gasteiger charge is -2.39. The SMILES string of the molecule is COCCCN1CC2(CCN(C(=O)c3cc(Cl)ccc3OC)CC2)CC1=O. The average Bonchev–Trinajstić information content (AvgIpc) is 2.97. The van der Waals surface area contributed by atoms with E-state index in [9.17, 15) is 9.59 Å². The number of benzene rings is 1. The number of carbonyl (C=O) groups excluding carboxylic acids is 2. The van der Waals surface area contributed by atoms with E-state index in [1.54, 1.807) is 32.4 Å². The van der Waals surface area contributed by atoms with Crippen LogP contribution in [0, 0.1) is 5.41 Å². The third-order valence-electron chi connectivity index (χ3n) is 5.68. The maximum absolute atomic E-state index is 12.9. The zero-order valence-corrected chi connectivity index (χ0v) is 16.8. The third-order valence-corrected chi connectivity index (χ3v) is 5.92. The Labute approximate surface area is 165 Å². The van der Waals surface area contributed by atoms with Crippen molar-refractivity contribution in [3.63, 3.8) is 0 Å². The van der Waals surface area contributed by atoms with E-state index >= 15 is 0 Å². The van der Waals surface area contributed by atoms with Crippen molar-refractivity contribution in [1.29, 1.82) is 0 Å². The molecule has 1 aromatic carbocycles. The average molecular weight is 395 g/mol. The van der Waals surface area contributed by atoms with E-state index in [2.05, 4.69) is 0 Å². The summed E-state index contributed by atoms with van der Waals surface area (Å²) in [5.41, 5.74) is 0.490. The fraction of sp³-hybridized carbons (Fsp3) is 0.600. The van der Waals surface area contributed by atoms with Crippen LogP contribution in [0.4, 0.5) is 0 Å². The summed E-state index contributed by atoms with van der Waals surface area (Å²) in [5.74, 6) is 0.693. The van der Waals surface area contributed by atoms with Crippen LogP contribution in [0.25, 0.3) is 0 Å². The highest BCUT2D eigenvalue weighted by atomic mass is 35.5. The molecule has 0 saturated carbocycles. The van der Waals surface area contributed by atoms with E-state index < -0.39 is 0 Å². The van der Waals surface area contributed by atoms with Gasteiger partial charge in [-0.25, -0.2) is 0 Å².